The van der Waals surface area contributed by atoms with Crippen molar-refractivity contribution >= 4 is 0 Å². The Bertz CT molecular complexity index is 579. The highest BCUT2D eigenvalue weighted by Crippen LogP contribution is 2.27. The summed E-state index contributed by atoms with van der Waals surface area (Å²) in [4.78, 5) is 4.32. The van der Waals surface area contributed by atoms with Crippen LogP contribution in [-0.2, 0) is 6.54 Å². The van der Waals surface area contributed by atoms with E-state index in [0.717, 1.165) is 17.9 Å². The Morgan fingerprint density at radius 3 is 2.70 bits per heavy atom. The molecule has 2 rings (SSSR count). The topological polar surface area (TPSA) is 34.2 Å². The van der Waals surface area contributed by atoms with Gasteiger partial charge < -0.3 is 10.1 Å². The van der Waals surface area contributed by atoms with E-state index in [2.05, 4.69) is 43.2 Å². The van der Waals surface area contributed by atoms with E-state index in [1.165, 1.54) is 11.1 Å². The number of nitrogens with one attached hydrogen (secondary N) is 1. The Balaban J connectivity index is 2.24. The second-order valence-electron chi connectivity index (χ2n) is 5.27. The van der Waals surface area contributed by atoms with Gasteiger partial charge >= 0.3 is 0 Å². The van der Waals surface area contributed by atoms with Gasteiger partial charge in [-0.05, 0) is 49.2 Å². The monoisotopic (exact) mass is 270 g/mol. The average Bonchev–Trinajstić information content (AvgIpc) is 2.41. The van der Waals surface area contributed by atoms with Crippen LogP contribution < -0.4 is 10.1 Å². The summed E-state index contributed by atoms with van der Waals surface area (Å²) in [5, 5.41) is 3.13. The Morgan fingerprint density at radius 1 is 1.25 bits per heavy atom. The summed E-state index contributed by atoms with van der Waals surface area (Å²) in [6.45, 7) is 7.26. The van der Waals surface area contributed by atoms with Crippen LogP contribution in [0.2, 0.25) is 0 Å². The van der Waals surface area contributed by atoms with Crippen LogP contribution in [0.3, 0.4) is 0 Å². The fourth-order valence-corrected chi connectivity index (χ4v) is 2.31. The summed E-state index contributed by atoms with van der Waals surface area (Å²) in [6.07, 6.45) is 1.75. The van der Waals surface area contributed by atoms with E-state index in [4.69, 9.17) is 4.74 Å². The van der Waals surface area contributed by atoms with E-state index in [1.54, 1.807) is 6.20 Å². The van der Waals surface area contributed by atoms with Crippen molar-refractivity contribution in [1.82, 2.24) is 10.3 Å². The van der Waals surface area contributed by atoms with E-state index in [-0.39, 0.29) is 0 Å². The Kier molecular flexibility index (Phi) is 4.74. The second kappa shape index (κ2) is 6.53. The lowest BCUT2D eigenvalue weighted by Gasteiger charge is -2.13. The van der Waals surface area contributed by atoms with Crippen LogP contribution in [-0.4, -0.2) is 12.0 Å². The standard InChI is InChI=1S/C17H22N2O/c1-12(2)16-8-7-15(10-13(16)3)20-17-14(11-18-4)6-5-9-19-17/h5-10,12,18H,11H2,1-4H3. The van der Waals surface area contributed by atoms with Crippen molar-refractivity contribution in [3.63, 3.8) is 0 Å². The molecule has 1 aromatic carbocycles. The van der Waals surface area contributed by atoms with E-state index in [9.17, 15) is 0 Å². The van der Waals surface area contributed by atoms with Gasteiger partial charge in [0.05, 0.1) is 0 Å². The second-order valence-corrected chi connectivity index (χ2v) is 5.27. The number of rotatable bonds is 5. The van der Waals surface area contributed by atoms with Gasteiger partial charge in [-0.2, -0.15) is 0 Å². The van der Waals surface area contributed by atoms with Crippen molar-refractivity contribution in [2.75, 3.05) is 7.05 Å². The van der Waals surface area contributed by atoms with E-state index < -0.39 is 0 Å². The first-order chi connectivity index (χ1) is 9.61. The molecule has 2 aromatic rings. The maximum Gasteiger partial charge on any atom is 0.223 e. The maximum absolute atomic E-state index is 5.93. The molecule has 0 amide bonds. The Labute approximate surface area is 121 Å². The van der Waals surface area contributed by atoms with Gasteiger partial charge in [-0.3, -0.25) is 0 Å². The molecule has 3 heteroatoms. The molecule has 0 spiro atoms. The van der Waals surface area contributed by atoms with E-state index in [1.807, 2.05) is 25.2 Å². The molecule has 1 aromatic heterocycles. The van der Waals surface area contributed by atoms with Crippen LogP contribution in [0.15, 0.2) is 36.5 Å². The molecular weight excluding hydrogens is 248 g/mol. The number of benzene rings is 1. The molecule has 20 heavy (non-hydrogen) atoms. The van der Waals surface area contributed by atoms with Crippen LogP contribution in [0.1, 0.15) is 36.5 Å². The molecule has 0 unspecified atom stereocenters. The summed E-state index contributed by atoms with van der Waals surface area (Å²) in [6, 6.07) is 10.2. The quantitative estimate of drug-likeness (QED) is 0.891. The number of aryl methyl sites for hydroxylation is 1. The lowest BCUT2D eigenvalue weighted by molar-refractivity contribution is 0.453. The van der Waals surface area contributed by atoms with Crippen molar-refractivity contribution < 1.29 is 4.74 Å². The average molecular weight is 270 g/mol. The summed E-state index contributed by atoms with van der Waals surface area (Å²) in [5.74, 6) is 2.03. The van der Waals surface area contributed by atoms with Crippen molar-refractivity contribution in [1.29, 1.82) is 0 Å². The van der Waals surface area contributed by atoms with E-state index in [0.29, 0.717) is 11.8 Å². The fourth-order valence-electron chi connectivity index (χ4n) is 2.31. The third-order valence-corrected chi connectivity index (χ3v) is 3.29. The van der Waals surface area contributed by atoms with Crippen LogP contribution in [0.5, 0.6) is 11.6 Å². The first-order valence-electron chi connectivity index (χ1n) is 6.98. The van der Waals surface area contributed by atoms with Crippen molar-refractivity contribution in [2.24, 2.45) is 0 Å². The molecule has 0 aliphatic carbocycles. The minimum atomic E-state index is 0.527. The van der Waals surface area contributed by atoms with Gasteiger partial charge in [-0.1, -0.05) is 26.0 Å². The highest BCUT2D eigenvalue weighted by atomic mass is 16.5. The van der Waals surface area contributed by atoms with Gasteiger partial charge in [-0.15, -0.1) is 0 Å². The molecule has 0 radical (unpaired) electrons. The molecular formula is C17H22N2O. The number of hydrogen-bond acceptors (Lipinski definition) is 3. The van der Waals surface area contributed by atoms with Gasteiger partial charge in [-0.25, -0.2) is 4.98 Å². The van der Waals surface area contributed by atoms with Gasteiger partial charge in [0.15, 0.2) is 0 Å². The minimum absolute atomic E-state index is 0.527. The molecule has 0 saturated carbocycles. The molecule has 0 fully saturated rings. The van der Waals surface area contributed by atoms with Gasteiger partial charge in [0.1, 0.15) is 5.75 Å². The summed E-state index contributed by atoms with van der Waals surface area (Å²) < 4.78 is 5.93. The van der Waals surface area contributed by atoms with Gasteiger partial charge in [0.25, 0.3) is 0 Å². The lowest BCUT2D eigenvalue weighted by atomic mass is 9.98. The van der Waals surface area contributed by atoms with Crippen LogP contribution in [0.25, 0.3) is 0 Å². The first-order valence-corrected chi connectivity index (χ1v) is 6.98. The number of hydrogen-bond donors (Lipinski definition) is 1. The largest absolute Gasteiger partial charge is 0.439 e. The van der Waals surface area contributed by atoms with Crippen molar-refractivity contribution in [3.8, 4) is 11.6 Å². The summed E-state index contributed by atoms with van der Waals surface area (Å²) >= 11 is 0. The Morgan fingerprint density at radius 2 is 2.05 bits per heavy atom. The van der Waals surface area contributed by atoms with Crippen LogP contribution >= 0.6 is 0 Å². The van der Waals surface area contributed by atoms with E-state index >= 15 is 0 Å². The predicted octanol–water partition coefficient (Wildman–Crippen LogP) is 4.03. The fraction of sp³-hybridized carbons (Fsp3) is 0.353. The number of aromatic nitrogens is 1. The number of nitrogens with zero attached hydrogens (tertiary/aromatic N) is 1. The third kappa shape index (κ3) is 3.36. The summed E-state index contributed by atoms with van der Waals surface area (Å²) in [7, 11) is 1.92. The molecule has 1 heterocycles. The zero-order valence-electron chi connectivity index (χ0n) is 12.6. The molecule has 106 valence electrons. The lowest BCUT2D eigenvalue weighted by Crippen LogP contribution is -2.07. The smallest absolute Gasteiger partial charge is 0.223 e. The number of ether oxygens (including phenoxy) is 1. The molecule has 0 bridgehead atoms. The normalized spacial score (nSPS) is 10.8. The van der Waals surface area contributed by atoms with Crippen LogP contribution in [0.4, 0.5) is 0 Å². The molecule has 0 saturated heterocycles. The van der Waals surface area contributed by atoms with Crippen LogP contribution in [0, 0.1) is 6.92 Å². The van der Waals surface area contributed by atoms with Crippen molar-refractivity contribution in [2.45, 2.75) is 33.2 Å². The summed E-state index contributed by atoms with van der Waals surface area (Å²) in [5.41, 5.74) is 3.66. The Hall–Kier alpha value is -1.87. The maximum atomic E-state index is 5.93. The zero-order chi connectivity index (χ0) is 14.5. The SMILES string of the molecule is CNCc1cccnc1Oc1ccc(C(C)C)c(C)c1. The molecule has 0 aliphatic rings. The molecule has 1 N–H and O–H groups in total. The highest BCUT2D eigenvalue weighted by Gasteiger charge is 2.08. The first kappa shape index (κ1) is 14.5. The third-order valence-electron chi connectivity index (χ3n) is 3.29. The molecule has 3 nitrogen and oxygen atoms in total. The highest BCUT2D eigenvalue weighted by molar-refractivity contribution is 5.39. The zero-order valence-corrected chi connectivity index (χ0v) is 12.6. The predicted molar refractivity (Wildman–Crippen MR) is 82.3 cm³/mol. The van der Waals surface area contributed by atoms with Gasteiger partial charge in [0.2, 0.25) is 5.88 Å². The van der Waals surface area contributed by atoms with Gasteiger partial charge in [0, 0.05) is 18.3 Å². The molecule has 0 aliphatic heterocycles. The van der Waals surface area contributed by atoms with Crippen molar-refractivity contribution in [3.05, 3.63) is 53.2 Å². The number of pyridine rings is 1. The minimum Gasteiger partial charge on any atom is -0.439 e. The molecule has 0 atom stereocenters.